The number of hydrogen-bond acceptors (Lipinski definition) is 4. The molecule has 28 heavy (non-hydrogen) atoms. The molecule has 1 saturated heterocycles. The summed E-state index contributed by atoms with van der Waals surface area (Å²) in [6.07, 6.45) is 1.32. The van der Waals surface area contributed by atoms with Crippen molar-refractivity contribution in [3.8, 4) is 0 Å². The average molecular weight is 394 g/mol. The summed E-state index contributed by atoms with van der Waals surface area (Å²) in [5.74, 6) is 0.433. The number of carbonyl (C=O) groups excluding carboxylic acids is 1. The number of hydrogen-bond donors (Lipinski definition) is 3. The molecule has 0 saturated carbocycles. The van der Waals surface area contributed by atoms with Gasteiger partial charge in [0.1, 0.15) is 5.82 Å². The van der Waals surface area contributed by atoms with Gasteiger partial charge in [0.25, 0.3) is 0 Å². The Morgan fingerprint density at radius 3 is 2.54 bits per heavy atom. The average Bonchev–Trinajstić information content (AvgIpc) is 2.73. The Bertz CT molecular complexity index is 618. The lowest BCUT2D eigenvalue weighted by atomic mass is 10.0. The number of nitrogens with zero attached hydrogens (tertiary/aromatic N) is 2. The molecular weight excluding hydrogens is 361 g/mol. The Morgan fingerprint density at radius 2 is 1.89 bits per heavy atom. The molecule has 3 N–H and O–H groups in total. The van der Waals surface area contributed by atoms with Gasteiger partial charge in [-0.2, -0.15) is 0 Å². The van der Waals surface area contributed by atoms with E-state index >= 15 is 0 Å². The first-order valence-corrected chi connectivity index (χ1v) is 9.92. The monoisotopic (exact) mass is 393 g/mol. The van der Waals surface area contributed by atoms with Crippen molar-refractivity contribution < 1.29 is 13.9 Å². The molecule has 156 valence electrons. The van der Waals surface area contributed by atoms with E-state index in [2.05, 4.69) is 25.8 Å². The van der Waals surface area contributed by atoms with Crippen molar-refractivity contribution in [2.24, 2.45) is 4.99 Å². The molecule has 1 fully saturated rings. The molecule has 1 aliphatic heterocycles. The van der Waals surface area contributed by atoms with Crippen molar-refractivity contribution in [2.45, 2.75) is 25.8 Å². The van der Waals surface area contributed by atoms with Crippen molar-refractivity contribution in [3.05, 3.63) is 35.6 Å². The number of guanidine groups is 1. The van der Waals surface area contributed by atoms with E-state index in [0.29, 0.717) is 45.2 Å². The molecule has 1 atom stereocenters. The van der Waals surface area contributed by atoms with Gasteiger partial charge in [0.15, 0.2) is 5.96 Å². The molecule has 1 unspecified atom stereocenters. The zero-order valence-corrected chi connectivity index (χ0v) is 16.8. The standard InChI is InChI=1S/C20H32FN5O2/c1-3-9-23-19(27)8-10-24-20(22-2)25-15-18(26-11-13-28-14-12-26)16-4-6-17(21)7-5-16/h4-7,18H,3,8-15H2,1-2H3,(H,23,27)(H2,22,24,25). The van der Waals surface area contributed by atoms with Crippen LogP contribution >= 0.6 is 0 Å². The van der Waals surface area contributed by atoms with Crippen LogP contribution in [0.4, 0.5) is 4.39 Å². The lowest BCUT2D eigenvalue weighted by molar-refractivity contribution is -0.120. The molecule has 1 heterocycles. The molecule has 0 aliphatic carbocycles. The van der Waals surface area contributed by atoms with Crippen LogP contribution in [0.5, 0.6) is 0 Å². The molecule has 1 amide bonds. The van der Waals surface area contributed by atoms with Crippen molar-refractivity contribution in [3.63, 3.8) is 0 Å². The van der Waals surface area contributed by atoms with Gasteiger partial charge in [-0.05, 0) is 24.1 Å². The smallest absolute Gasteiger partial charge is 0.221 e. The molecule has 0 spiro atoms. The third kappa shape index (κ3) is 7.44. The lowest BCUT2D eigenvalue weighted by Gasteiger charge is -2.35. The number of carbonyl (C=O) groups is 1. The van der Waals surface area contributed by atoms with Crippen LogP contribution in [0.25, 0.3) is 0 Å². The van der Waals surface area contributed by atoms with E-state index in [-0.39, 0.29) is 17.8 Å². The number of nitrogens with one attached hydrogen (secondary N) is 3. The number of rotatable bonds is 9. The lowest BCUT2D eigenvalue weighted by Crippen LogP contribution is -2.46. The number of ether oxygens (including phenoxy) is 1. The molecule has 0 bridgehead atoms. The topological polar surface area (TPSA) is 78.0 Å². The molecule has 1 aliphatic rings. The van der Waals surface area contributed by atoms with Crippen molar-refractivity contribution in [2.75, 3.05) is 53.0 Å². The van der Waals surface area contributed by atoms with Gasteiger partial charge in [-0.15, -0.1) is 0 Å². The van der Waals surface area contributed by atoms with Gasteiger partial charge in [-0.25, -0.2) is 4.39 Å². The fourth-order valence-corrected chi connectivity index (χ4v) is 3.09. The maximum absolute atomic E-state index is 13.3. The second-order valence-corrected chi connectivity index (χ2v) is 6.70. The van der Waals surface area contributed by atoms with E-state index in [4.69, 9.17) is 4.74 Å². The summed E-state index contributed by atoms with van der Waals surface area (Å²) in [6, 6.07) is 6.71. The van der Waals surface area contributed by atoms with Gasteiger partial charge in [-0.1, -0.05) is 19.1 Å². The van der Waals surface area contributed by atoms with Crippen molar-refractivity contribution in [1.29, 1.82) is 0 Å². The van der Waals surface area contributed by atoms with E-state index in [0.717, 1.165) is 25.1 Å². The van der Waals surface area contributed by atoms with E-state index in [1.54, 1.807) is 7.05 Å². The van der Waals surface area contributed by atoms with Crippen LogP contribution in [-0.4, -0.2) is 69.8 Å². The van der Waals surface area contributed by atoms with E-state index in [1.165, 1.54) is 12.1 Å². The fraction of sp³-hybridized carbons (Fsp3) is 0.600. The number of amides is 1. The van der Waals surface area contributed by atoms with E-state index in [9.17, 15) is 9.18 Å². The zero-order chi connectivity index (χ0) is 20.2. The Hall–Kier alpha value is -2.19. The fourth-order valence-electron chi connectivity index (χ4n) is 3.09. The largest absolute Gasteiger partial charge is 0.379 e. The predicted molar refractivity (Wildman–Crippen MR) is 109 cm³/mol. The van der Waals surface area contributed by atoms with Gasteiger partial charge in [-0.3, -0.25) is 14.7 Å². The molecule has 1 aromatic rings. The first kappa shape index (κ1) is 22.1. The second kappa shape index (κ2) is 12.3. The molecule has 0 radical (unpaired) electrons. The third-order valence-electron chi connectivity index (χ3n) is 4.64. The van der Waals surface area contributed by atoms with Crippen LogP contribution in [0, 0.1) is 5.82 Å². The SMILES string of the molecule is CCCNC(=O)CCNC(=NC)NCC(c1ccc(F)cc1)N1CCOCC1. The van der Waals surface area contributed by atoms with Gasteiger partial charge >= 0.3 is 0 Å². The first-order valence-electron chi connectivity index (χ1n) is 9.92. The Kier molecular flexibility index (Phi) is 9.71. The van der Waals surface area contributed by atoms with E-state index in [1.807, 2.05) is 19.1 Å². The third-order valence-corrected chi connectivity index (χ3v) is 4.64. The molecule has 0 aromatic heterocycles. The van der Waals surface area contributed by atoms with Crippen LogP contribution in [-0.2, 0) is 9.53 Å². The van der Waals surface area contributed by atoms with Gasteiger partial charge in [0, 0.05) is 46.2 Å². The minimum atomic E-state index is -0.240. The van der Waals surface area contributed by atoms with Crippen molar-refractivity contribution in [1.82, 2.24) is 20.9 Å². The normalized spacial score (nSPS) is 16.5. The summed E-state index contributed by atoms with van der Waals surface area (Å²) >= 11 is 0. The van der Waals surface area contributed by atoms with Gasteiger partial charge in [0.05, 0.1) is 19.3 Å². The highest BCUT2D eigenvalue weighted by molar-refractivity contribution is 5.81. The number of benzene rings is 1. The van der Waals surface area contributed by atoms with Crippen LogP contribution in [0.15, 0.2) is 29.3 Å². The summed E-state index contributed by atoms with van der Waals surface area (Å²) in [4.78, 5) is 18.3. The summed E-state index contributed by atoms with van der Waals surface area (Å²) in [6.45, 7) is 6.89. The summed E-state index contributed by atoms with van der Waals surface area (Å²) in [7, 11) is 1.70. The summed E-state index contributed by atoms with van der Waals surface area (Å²) in [5, 5.41) is 9.35. The molecule has 1 aromatic carbocycles. The maximum Gasteiger partial charge on any atom is 0.221 e. The van der Waals surface area contributed by atoms with Gasteiger partial charge < -0.3 is 20.7 Å². The Labute approximate surface area is 166 Å². The number of halogens is 1. The highest BCUT2D eigenvalue weighted by atomic mass is 19.1. The van der Waals surface area contributed by atoms with Crippen LogP contribution in [0.3, 0.4) is 0 Å². The summed E-state index contributed by atoms with van der Waals surface area (Å²) in [5.41, 5.74) is 1.05. The van der Waals surface area contributed by atoms with E-state index < -0.39 is 0 Å². The second-order valence-electron chi connectivity index (χ2n) is 6.70. The quantitative estimate of drug-likeness (QED) is 0.435. The minimum absolute atomic E-state index is 0.0299. The highest BCUT2D eigenvalue weighted by Gasteiger charge is 2.23. The molecule has 8 heteroatoms. The zero-order valence-electron chi connectivity index (χ0n) is 16.8. The molecule has 2 rings (SSSR count). The highest BCUT2D eigenvalue weighted by Crippen LogP contribution is 2.21. The van der Waals surface area contributed by atoms with Crippen molar-refractivity contribution >= 4 is 11.9 Å². The molecular formula is C20H32FN5O2. The Balaban J connectivity index is 1.89. The van der Waals surface area contributed by atoms with Crippen LogP contribution < -0.4 is 16.0 Å². The maximum atomic E-state index is 13.3. The summed E-state index contributed by atoms with van der Waals surface area (Å²) < 4.78 is 18.8. The Morgan fingerprint density at radius 1 is 1.18 bits per heavy atom. The molecule has 7 nitrogen and oxygen atoms in total. The predicted octanol–water partition coefficient (Wildman–Crippen LogP) is 1.28. The van der Waals surface area contributed by atoms with Gasteiger partial charge in [0.2, 0.25) is 5.91 Å². The van der Waals surface area contributed by atoms with Crippen LogP contribution in [0.1, 0.15) is 31.4 Å². The number of aliphatic imine (C=N–C) groups is 1. The first-order chi connectivity index (χ1) is 13.6. The minimum Gasteiger partial charge on any atom is -0.379 e. The van der Waals surface area contributed by atoms with Crippen LogP contribution in [0.2, 0.25) is 0 Å². The number of morpholine rings is 1.